The molecule has 0 radical (unpaired) electrons. The molecule has 7 heteroatoms. The molecular weight excluding hydrogens is 372 g/mol. The number of halogens is 1. The summed E-state index contributed by atoms with van der Waals surface area (Å²) in [6, 6.07) is 9.78. The number of benzene rings is 2. The summed E-state index contributed by atoms with van der Waals surface area (Å²) >= 11 is 5.99. The van der Waals surface area contributed by atoms with E-state index < -0.39 is 12.6 Å². The van der Waals surface area contributed by atoms with Crippen molar-refractivity contribution in [2.45, 2.75) is 0 Å². The Balaban J connectivity index is 1.96. The molecule has 27 heavy (non-hydrogen) atoms. The molecular formula is C20H19ClO6. The number of hydrogen-bond acceptors (Lipinski definition) is 6. The first-order valence-electron chi connectivity index (χ1n) is 7.91. The quantitative estimate of drug-likeness (QED) is 0.388. The molecule has 0 fully saturated rings. The minimum Gasteiger partial charge on any atom is -0.497 e. The minimum atomic E-state index is -0.648. The Morgan fingerprint density at radius 1 is 0.963 bits per heavy atom. The number of carbonyl (C=O) groups excluding carboxylic acids is 2. The Kier molecular flexibility index (Phi) is 7.25. The summed E-state index contributed by atoms with van der Waals surface area (Å²) in [6.45, 7) is -0.396. The van der Waals surface area contributed by atoms with E-state index in [0.717, 1.165) is 0 Å². The highest BCUT2D eigenvalue weighted by molar-refractivity contribution is 6.32. The van der Waals surface area contributed by atoms with Crippen LogP contribution in [-0.4, -0.2) is 39.7 Å². The van der Waals surface area contributed by atoms with Crippen LogP contribution >= 0.6 is 11.6 Å². The van der Waals surface area contributed by atoms with Crippen LogP contribution in [0.3, 0.4) is 0 Å². The highest BCUT2D eigenvalue weighted by Crippen LogP contribution is 2.25. The van der Waals surface area contributed by atoms with E-state index in [-0.39, 0.29) is 5.78 Å². The number of Topliss-reactive ketones (excluding diaryl/α,β-unsaturated/α-hetero) is 1. The van der Waals surface area contributed by atoms with Crippen LogP contribution in [0.4, 0.5) is 0 Å². The average Bonchev–Trinajstić information content (AvgIpc) is 2.69. The van der Waals surface area contributed by atoms with Gasteiger partial charge >= 0.3 is 5.97 Å². The van der Waals surface area contributed by atoms with Gasteiger partial charge in [-0.25, -0.2) is 4.79 Å². The van der Waals surface area contributed by atoms with Crippen LogP contribution in [0.5, 0.6) is 17.2 Å². The maximum atomic E-state index is 12.1. The first-order valence-corrected chi connectivity index (χ1v) is 8.29. The second kappa shape index (κ2) is 9.64. The molecule has 0 amide bonds. The molecule has 2 aromatic carbocycles. The molecule has 2 rings (SSSR count). The predicted molar refractivity (Wildman–Crippen MR) is 102 cm³/mol. The van der Waals surface area contributed by atoms with E-state index in [9.17, 15) is 9.59 Å². The maximum absolute atomic E-state index is 12.1. The smallest absolute Gasteiger partial charge is 0.331 e. The molecule has 2 aromatic rings. The number of carbonyl (C=O) groups is 2. The lowest BCUT2D eigenvalue weighted by Crippen LogP contribution is -2.12. The highest BCUT2D eigenvalue weighted by atomic mass is 35.5. The van der Waals surface area contributed by atoms with Crippen LogP contribution in [0.15, 0.2) is 42.5 Å². The van der Waals surface area contributed by atoms with Gasteiger partial charge in [0.15, 0.2) is 12.4 Å². The van der Waals surface area contributed by atoms with Gasteiger partial charge in [-0.2, -0.15) is 0 Å². The first-order chi connectivity index (χ1) is 13.0. The summed E-state index contributed by atoms with van der Waals surface area (Å²) < 4.78 is 20.3. The standard InChI is InChI=1S/C20H19ClO6/c1-24-15-8-13(9-16(11-15)25-2)4-7-20(23)27-12-18(22)14-5-6-19(26-3)17(21)10-14/h4-11H,12H2,1-3H3/b7-4+. The second-order valence-corrected chi connectivity index (χ2v) is 5.77. The molecule has 6 nitrogen and oxygen atoms in total. The van der Waals surface area contributed by atoms with E-state index in [4.69, 9.17) is 30.5 Å². The molecule has 0 bridgehead atoms. The van der Waals surface area contributed by atoms with Crippen molar-refractivity contribution in [2.24, 2.45) is 0 Å². The number of hydrogen-bond donors (Lipinski definition) is 0. The molecule has 0 aliphatic rings. The van der Waals surface area contributed by atoms with Gasteiger partial charge in [-0.3, -0.25) is 4.79 Å². The van der Waals surface area contributed by atoms with E-state index in [2.05, 4.69) is 0 Å². The maximum Gasteiger partial charge on any atom is 0.331 e. The molecule has 142 valence electrons. The molecule has 0 unspecified atom stereocenters. The van der Waals surface area contributed by atoms with Gasteiger partial charge in [0.1, 0.15) is 17.2 Å². The molecule has 0 saturated carbocycles. The third kappa shape index (κ3) is 5.76. The van der Waals surface area contributed by atoms with Gasteiger partial charge in [0.2, 0.25) is 0 Å². The summed E-state index contributed by atoms with van der Waals surface area (Å²) in [5.41, 5.74) is 1.02. The second-order valence-electron chi connectivity index (χ2n) is 5.36. The van der Waals surface area contributed by atoms with Crippen molar-refractivity contribution in [3.63, 3.8) is 0 Å². The number of rotatable bonds is 8. The Morgan fingerprint density at radius 3 is 2.19 bits per heavy atom. The molecule has 0 saturated heterocycles. The molecule has 0 atom stereocenters. The number of ether oxygens (including phenoxy) is 4. The van der Waals surface area contributed by atoms with Crippen LogP contribution in [-0.2, 0) is 9.53 Å². The van der Waals surface area contributed by atoms with Gasteiger partial charge in [0, 0.05) is 17.7 Å². The lowest BCUT2D eigenvalue weighted by Gasteiger charge is -2.06. The Bertz CT molecular complexity index is 837. The summed E-state index contributed by atoms with van der Waals surface area (Å²) in [5, 5.41) is 0.307. The fourth-order valence-corrected chi connectivity index (χ4v) is 2.46. The minimum absolute atomic E-state index is 0.307. The summed E-state index contributed by atoms with van der Waals surface area (Å²) in [7, 11) is 4.55. The summed E-state index contributed by atoms with van der Waals surface area (Å²) in [5.74, 6) is 0.624. The molecule has 0 aromatic heterocycles. The van der Waals surface area contributed by atoms with Gasteiger partial charge in [-0.1, -0.05) is 11.6 Å². The number of methoxy groups -OCH3 is 3. The van der Waals surface area contributed by atoms with E-state index in [1.165, 1.54) is 33.5 Å². The zero-order valence-electron chi connectivity index (χ0n) is 15.2. The van der Waals surface area contributed by atoms with Crippen LogP contribution in [0, 0.1) is 0 Å². The van der Waals surface area contributed by atoms with Gasteiger partial charge < -0.3 is 18.9 Å². The largest absolute Gasteiger partial charge is 0.497 e. The topological polar surface area (TPSA) is 71.1 Å². The van der Waals surface area contributed by atoms with E-state index in [1.807, 2.05) is 0 Å². The van der Waals surface area contributed by atoms with E-state index >= 15 is 0 Å². The van der Waals surface area contributed by atoms with E-state index in [0.29, 0.717) is 33.4 Å². The summed E-state index contributed by atoms with van der Waals surface area (Å²) in [4.78, 5) is 24.0. The van der Waals surface area contributed by atoms with Crippen LogP contribution in [0.25, 0.3) is 6.08 Å². The third-order valence-electron chi connectivity index (χ3n) is 3.60. The first kappa shape index (κ1) is 20.3. The molecule has 0 aliphatic heterocycles. The fraction of sp³-hybridized carbons (Fsp3) is 0.200. The fourth-order valence-electron chi connectivity index (χ4n) is 2.20. The zero-order chi connectivity index (χ0) is 19.8. The van der Waals surface area contributed by atoms with Crippen molar-refractivity contribution >= 4 is 29.4 Å². The van der Waals surface area contributed by atoms with Crippen molar-refractivity contribution in [1.82, 2.24) is 0 Å². The van der Waals surface area contributed by atoms with Crippen molar-refractivity contribution in [2.75, 3.05) is 27.9 Å². The Morgan fingerprint density at radius 2 is 1.63 bits per heavy atom. The SMILES string of the molecule is COc1cc(/C=C/C(=O)OCC(=O)c2ccc(OC)c(Cl)c2)cc(OC)c1. The van der Waals surface area contributed by atoms with Gasteiger partial charge in [-0.15, -0.1) is 0 Å². The van der Waals surface area contributed by atoms with E-state index in [1.54, 1.807) is 36.4 Å². The van der Waals surface area contributed by atoms with Crippen molar-refractivity contribution in [3.05, 3.63) is 58.6 Å². The predicted octanol–water partition coefficient (Wildman–Crippen LogP) is 3.81. The average molecular weight is 391 g/mol. The monoisotopic (exact) mass is 390 g/mol. The van der Waals surface area contributed by atoms with Crippen molar-refractivity contribution in [1.29, 1.82) is 0 Å². The summed E-state index contributed by atoms with van der Waals surface area (Å²) in [6.07, 6.45) is 2.77. The van der Waals surface area contributed by atoms with Gasteiger partial charge in [0.25, 0.3) is 0 Å². The van der Waals surface area contributed by atoms with Crippen molar-refractivity contribution < 1.29 is 28.5 Å². The third-order valence-corrected chi connectivity index (χ3v) is 3.90. The molecule has 0 heterocycles. The lowest BCUT2D eigenvalue weighted by molar-refractivity contribution is -0.136. The van der Waals surface area contributed by atoms with Crippen LogP contribution < -0.4 is 14.2 Å². The number of ketones is 1. The normalized spacial score (nSPS) is 10.5. The Labute approximate surface area is 162 Å². The van der Waals surface area contributed by atoms with Crippen LogP contribution in [0.2, 0.25) is 5.02 Å². The van der Waals surface area contributed by atoms with Gasteiger partial charge in [0.05, 0.1) is 26.4 Å². The molecule has 0 spiro atoms. The highest BCUT2D eigenvalue weighted by Gasteiger charge is 2.11. The number of esters is 1. The lowest BCUT2D eigenvalue weighted by atomic mass is 10.1. The zero-order valence-corrected chi connectivity index (χ0v) is 15.9. The van der Waals surface area contributed by atoms with Crippen LogP contribution in [0.1, 0.15) is 15.9 Å². The molecule has 0 aliphatic carbocycles. The Hall–Kier alpha value is -2.99. The van der Waals surface area contributed by atoms with Gasteiger partial charge in [-0.05, 0) is 42.0 Å². The van der Waals surface area contributed by atoms with Crippen molar-refractivity contribution in [3.8, 4) is 17.2 Å². The molecule has 0 N–H and O–H groups in total.